The molecule has 0 radical (unpaired) electrons. The quantitative estimate of drug-likeness (QED) is 0.812. The van der Waals surface area contributed by atoms with E-state index >= 15 is 0 Å². The van der Waals surface area contributed by atoms with Crippen LogP contribution in [0.1, 0.15) is 33.6 Å². The fourth-order valence-corrected chi connectivity index (χ4v) is 1.70. The molecule has 120 valence electrons. The predicted molar refractivity (Wildman–Crippen MR) is 84.2 cm³/mol. The molecule has 4 nitrogen and oxygen atoms in total. The van der Waals surface area contributed by atoms with Crippen molar-refractivity contribution in [2.45, 2.75) is 45.3 Å². The molecule has 0 saturated carbocycles. The maximum absolute atomic E-state index is 13.0. The van der Waals surface area contributed by atoms with Crippen molar-refractivity contribution in [1.82, 2.24) is 5.32 Å². The number of carbonyl (C=O) groups is 1. The number of benzene rings is 1. The Kier molecular flexibility index (Phi) is 8.29. The van der Waals surface area contributed by atoms with Gasteiger partial charge in [-0.25, -0.2) is 4.39 Å². The van der Waals surface area contributed by atoms with E-state index in [0.717, 1.165) is 12.8 Å². The number of hydrogen-bond acceptors (Lipinski definition) is 3. The zero-order chi connectivity index (χ0) is 15.2. The first-order valence-corrected chi connectivity index (χ1v) is 6.89. The molecule has 1 aromatic carbocycles. The van der Waals surface area contributed by atoms with E-state index in [1.54, 1.807) is 13.0 Å². The number of rotatable bonds is 7. The molecule has 21 heavy (non-hydrogen) atoms. The Balaban J connectivity index is 0.00000400. The van der Waals surface area contributed by atoms with Crippen LogP contribution in [-0.4, -0.2) is 24.1 Å². The average molecular weight is 319 g/mol. The van der Waals surface area contributed by atoms with Gasteiger partial charge < -0.3 is 15.8 Å². The maximum atomic E-state index is 13.0. The van der Waals surface area contributed by atoms with Crippen molar-refractivity contribution < 1.29 is 13.9 Å². The van der Waals surface area contributed by atoms with Crippen molar-refractivity contribution in [1.29, 1.82) is 0 Å². The summed E-state index contributed by atoms with van der Waals surface area (Å²) in [6.07, 6.45) is 0.862. The summed E-state index contributed by atoms with van der Waals surface area (Å²) in [4.78, 5) is 11.9. The van der Waals surface area contributed by atoms with Crippen LogP contribution in [0.2, 0.25) is 0 Å². The van der Waals surface area contributed by atoms with Gasteiger partial charge in [0, 0.05) is 18.2 Å². The van der Waals surface area contributed by atoms with Gasteiger partial charge in [0.25, 0.3) is 5.91 Å². The second-order valence-electron chi connectivity index (χ2n) is 5.00. The number of ether oxygens (including phenoxy) is 1. The normalized spacial score (nSPS) is 12.2. The minimum absolute atomic E-state index is 0. The van der Waals surface area contributed by atoms with Crippen molar-refractivity contribution in [3.05, 3.63) is 30.1 Å². The van der Waals surface area contributed by atoms with E-state index in [0.29, 0.717) is 12.3 Å². The summed E-state index contributed by atoms with van der Waals surface area (Å²) in [6.45, 7) is 6.00. The molecule has 6 heteroatoms. The monoisotopic (exact) mass is 318 g/mol. The van der Waals surface area contributed by atoms with E-state index in [1.807, 2.05) is 13.8 Å². The Morgan fingerprint density at radius 1 is 1.43 bits per heavy atom. The molecular weight excluding hydrogens is 295 g/mol. The largest absolute Gasteiger partial charge is 0.481 e. The van der Waals surface area contributed by atoms with Crippen molar-refractivity contribution in [2.24, 2.45) is 5.73 Å². The van der Waals surface area contributed by atoms with E-state index in [-0.39, 0.29) is 18.3 Å². The Bertz CT molecular complexity index is 453. The Hall–Kier alpha value is -1.33. The van der Waals surface area contributed by atoms with Gasteiger partial charge in [-0.2, -0.15) is 0 Å². The van der Waals surface area contributed by atoms with Crippen LogP contribution in [-0.2, 0) is 4.79 Å². The first kappa shape index (κ1) is 19.7. The summed E-state index contributed by atoms with van der Waals surface area (Å²) in [5.74, 6) is -0.323. The van der Waals surface area contributed by atoms with Gasteiger partial charge in [-0.15, -0.1) is 12.4 Å². The highest BCUT2D eigenvalue weighted by molar-refractivity contribution is 5.85. The molecule has 0 bridgehead atoms. The molecule has 1 unspecified atom stereocenters. The predicted octanol–water partition coefficient (Wildman–Crippen LogP) is 2.65. The van der Waals surface area contributed by atoms with Crippen LogP contribution in [0.15, 0.2) is 24.3 Å². The average Bonchev–Trinajstić information content (AvgIpc) is 2.44. The van der Waals surface area contributed by atoms with Gasteiger partial charge in [0.05, 0.1) is 0 Å². The highest BCUT2D eigenvalue weighted by Gasteiger charge is 2.23. The number of nitrogens with two attached hydrogens (primary N) is 1. The highest BCUT2D eigenvalue weighted by atomic mass is 35.5. The maximum Gasteiger partial charge on any atom is 0.260 e. The SMILES string of the molecule is CCC(N)(CC)CNC(=O)C(C)Oc1cccc(F)c1.Cl. The zero-order valence-electron chi connectivity index (χ0n) is 12.7. The van der Waals surface area contributed by atoms with Crippen LogP contribution in [0.25, 0.3) is 0 Å². The van der Waals surface area contributed by atoms with Crippen molar-refractivity contribution >= 4 is 18.3 Å². The zero-order valence-corrected chi connectivity index (χ0v) is 13.5. The molecule has 0 aromatic heterocycles. The fourth-order valence-electron chi connectivity index (χ4n) is 1.70. The Labute approximate surface area is 131 Å². The highest BCUT2D eigenvalue weighted by Crippen LogP contribution is 2.14. The summed E-state index contributed by atoms with van der Waals surface area (Å²) in [7, 11) is 0. The molecule has 0 spiro atoms. The molecule has 0 aliphatic carbocycles. The Morgan fingerprint density at radius 3 is 2.57 bits per heavy atom. The van der Waals surface area contributed by atoms with Gasteiger partial charge in [-0.1, -0.05) is 19.9 Å². The minimum atomic E-state index is -0.699. The smallest absolute Gasteiger partial charge is 0.260 e. The van der Waals surface area contributed by atoms with Crippen LogP contribution in [0.4, 0.5) is 4.39 Å². The van der Waals surface area contributed by atoms with Crippen LogP contribution in [0, 0.1) is 5.82 Å². The Morgan fingerprint density at radius 2 is 2.05 bits per heavy atom. The molecule has 0 aliphatic rings. The molecule has 1 amide bonds. The molecule has 1 aromatic rings. The van der Waals surface area contributed by atoms with Gasteiger partial charge in [0.1, 0.15) is 11.6 Å². The second kappa shape index (κ2) is 8.85. The first-order chi connectivity index (χ1) is 9.40. The number of halogens is 2. The molecule has 1 atom stereocenters. The van der Waals surface area contributed by atoms with E-state index in [1.165, 1.54) is 18.2 Å². The summed E-state index contributed by atoms with van der Waals surface area (Å²) in [5.41, 5.74) is 5.72. The number of carbonyl (C=O) groups excluding carboxylic acids is 1. The van der Waals surface area contributed by atoms with E-state index < -0.39 is 17.5 Å². The third-order valence-electron chi connectivity index (χ3n) is 3.50. The number of amides is 1. The van der Waals surface area contributed by atoms with Crippen molar-refractivity contribution in [3.63, 3.8) is 0 Å². The lowest BCUT2D eigenvalue weighted by molar-refractivity contribution is -0.127. The fraction of sp³-hybridized carbons (Fsp3) is 0.533. The summed E-state index contributed by atoms with van der Waals surface area (Å²) in [6, 6.07) is 5.71. The van der Waals surface area contributed by atoms with E-state index in [2.05, 4.69) is 5.32 Å². The number of nitrogens with one attached hydrogen (secondary N) is 1. The second-order valence-corrected chi connectivity index (χ2v) is 5.00. The summed E-state index contributed by atoms with van der Waals surface area (Å²) < 4.78 is 18.4. The van der Waals surface area contributed by atoms with Gasteiger partial charge in [0.2, 0.25) is 0 Å². The molecule has 0 heterocycles. The van der Waals surface area contributed by atoms with Gasteiger partial charge in [0.15, 0.2) is 6.10 Å². The molecular formula is C15H24ClFN2O2. The third-order valence-corrected chi connectivity index (χ3v) is 3.50. The minimum Gasteiger partial charge on any atom is -0.481 e. The van der Waals surface area contributed by atoms with Crippen molar-refractivity contribution in [3.8, 4) is 5.75 Å². The lowest BCUT2D eigenvalue weighted by Crippen LogP contribution is -2.51. The molecule has 1 rings (SSSR count). The number of hydrogen-bond donors (Lipinski definition) is 2. The third kappa shape index (κ3) is 6.31. The molecule has 3 N–H and O–H groups in total. The van der Waals surface area contributed by atoms with Gasteiger partial charge in [-0.05, 0) is 31.9 Å². The summed E-state index contributed by atoms with van der Waals surface area (Å²) >= 11 is 0. The van der Waals surface area contributed by atoms with Crippen LogP contribution >= 0.6 is 12.4 Å². The topological polar surface area (TPSA) is 64.3 Å². The lowest BCUT2D eigenvalue weighted by atomic mass is 9.94. The van der Waals surface area contributed by atoms with Crippen molar-refractivity contribution in [2.75, 3.05) is 6.54 Å². The standard InChI is InChI=1S/C15H23FN2O2.ClH/c1-4-15(17,5-2)10-18-14(19)11(3)20-13-8-6-7-12(16)9-13;/h6-9,11H,4-5,10,17H2,1-3H3,(H,18,19);1H. The van der Waals surface area contributed by atoms with Crippen LogP contribution < -0.4 is 15.8 Å². The van der Waals surface area contributed by atoms with E-state index in [4.69, 9.17) is 10.5 Å². The lowest BCUT2D eigenvalue weighted by Gasteiger charge is -2.27. The van der Waals surface area contributed by atoms with Crippen LogP contribution in [0.5, 0.6) is 5.75 Å². The molecule has 0 aliphatic heterocycles. The molecule has 0 saturated heterocycles. The first-order valence-electron chi connectivity index (χ1n) is 6.89. The van der Waals surface area contributed by atoms with Crippen LogP contribution in [0.3, 0.4) is 0 Å². The van der Waals surface area contributed by atoms with Gasteiger partial charge >= 0.3 is 0 Å². The summed E-state index contributed by atoms with van der Waals surface area (Å²) in [5, 5.41) is 2.78. The molecule has 0 fully saturated rings. The van der Waals surface area contributed by atoms with E-state index in [9.17, 15) is 9.18 Å². The van der Waals surface area contributed by atoms with Gasteiger partial charge in [-0.3, -0.25) is 4.79 Å².